The minimum atomic E-state index is -0.403. The zero-order valence-corrected chi connectivity index (χ0v) is 22.0. The Labute approximate surface area is 216 Å². The SMILES string of the molecule is CCCCCCc1cc2c(=O)c(-c3ccc(Cl)cc3)coc2cc1OC(=O)c1c(C)cc(C)cc1C. The van der Waals surface area contributed by atoms with Crippen molar-refractivity contribution < 1.29 is 13.9 Å². The molecule has 0 fully saturated rings. The Morgan fingerprint density at radius 3 is 2.31 bits per heavy atom. The summed E-state index contributed by atoms with van der Waals surface area (Å²) < 4.78 is 11.8. The van der Waals surface area contributed by atoms with Gasteiger partial charge in [0.1, 0.15) is 17.6 Å². The van der Waals surface area contributed by atoms with Gasteiger partial charge in [0.05, 0.1) is 16.5 Å². The number of hydrogen-bond acceptors (Lipinski definition) is 4. The number of hydrogen-bond donors (Lipinski definition) is 0. The van der Waals surface area contributed by atoms with Gasteiger partial charge in [-0.05, 0) is 74.1 Å². The molecule has 0 aliphatic carbocycles. The highest BCUT2D eigenvalue weighted by Gasteiger charge is 2.19. The Hall–Kier alpha value is -3.37. The van der Waals surface area contributed by atoms with E-state index in [4.69, 9.17) is 20.8 Å². The van der Waals surface area contributed by atoms with Crippen LogP contribution in [0.15, 0.2) is 64.0 Å². The summed E-state index contributed by atoms with van der Waals surface area (Å²) in [6.07, 6.45) is 6.42. The van der Waals surface area contributed by atoms with Gasteiger partial charge in [0.25, 0.3) is 0 Å². The Balaban J connectivity index is 1.76. The highest BCUT2D eigenvalue weighted by molar-refractivity contribution is 6.30. The topological polar surface area (TPSA) is 56.5 Å². The second-order valence-corrected chi connectivity index (χ2v) is 9.85. The number of halogens is 1. The normalized spacial score (nSPS) is 11.1. The van der Waals surface area contributed by atoms with Gasteiger partial charge in [0, 0.05) is 11.1 Å². The smallest absolute Gasteiger partial charge is 0.344 e. The molecule has 186 valence electrons. The summed E-state index contributed by atoms with van der Waals surface area (Å²) >= 11 is 6.01. The predicted molar refractivity (Wildman–Crippen MR) is 146 cm³/mol. The molecule has 36 heavy (non-hydrogen) atoms. The van der Waals surface area contributed by atoms with Crippen LogP contribution in [0, 0.1) is 20.8 Å². The van der Waals surface area contributed by atoms with Gasteiger partial charge in [-0.15, -0.1) is 0 Å². The van der Waals surface area contributed by atoms with Crippen LogP contribution in [-0.2, 0) is 6.42 Å². The molecule has 0 spiro atoms. The first-order valence-electron chi connectivity index (χ1n) is 12.4. The lowest BCUT2D eigenvalue weighted by atomic mass is 9.99. The lowest BCUT2D eigenvalue weighted by Gasteiger charge is -2.14. The van der Waals surface area contributed by atoms with Crippen molar-refractivity contribution in [1.82, 2.24) is 0 Å². The summed E-state index contributed by atoms with van der Waals surface area (Å²) in [5, 5.41) is 1.07. The highest BCUT2D eigenvalue weighted by Crippen LogP contribution is 2.30. The van der Waals surface area contributed by atoms with Crippen LogP contribution in [0.1, 0.15) is 65.2 Å². The van der Waals surface area contributed by atoms with Crippen LogP contribution in [0.5, 0.6) is 5.75 Å². The molecule has 1 aromatic heterocycles. The van der Waals surface area contributed by atoms with Gasteiger partial charge in [-0.1, -0.05) is 67.6 Å². The fourth-order valence-electron chi connectivity index (χ4n) is 4.72. The lowest BCUT2D eigenvalue weighted by molar-refractivity contribution is 0.0731. The molecule has 4 aromatic rings. The van der Waals surface area contributed by atoms with Crippen molar-refractivity contribution in [1.29, 1.82) is 0 Å². The van der Waals surface area contributed by atoms with E-state index in [0.717, 1.165) is 53.5 Å². The number of rotatable bonds is 8. The van der Waals surface area contributed by atoms with E-state index in [0.29, 0.717) is 39.3 Å². The molecule has 1 heterocycles. The van der Waals surface area contributed by atoms with E-state index in [-0.39, 0.29) is 5.43 Å². The van der Waals surface area contributed by atoms with Crippen LogP contribution >= 0.6 is 11.6 Å². The van der Waals surface area contributed by atoms with Crippen LogP contribution in [0.25, 0.3) is 22.1 Å². The fourth-order valence-corrected chi connectivity index (χ4v) is 4.84. The number of benzene rings is 3. The van der Waals surface area contributed by atoms with Crippen molar-refractivity contribution in [2.45, 2.75) is 59.8 Å². The largest absolute Gasteiger partial charge is 0.463 e. The molecule has 4 rings (SSSR count). The summed E-state index contributed by atoms with van der Waals surface area (Å²) in [6.45, 7) is 8.01. The van der Waals surface area contributed by atoms with E-state index in [1.54, 1.807) is 30.3 Å². The highest BCUT2D eigenvalue weighted by atomic mass is 35.5. The van der Waals surface area contributed by atoms with Crippen LogP contribution < -0.4 is 10.2 Å². The molecule has 5 heteroatoms. The van der Waals surface area contributed by atoms with Gasteiger partial charge in [0.15, 0.2) is 0 Å². The maximum atomic E-state index is 13.4. The monoisotopic (exact) mass is 502 g/mol. The van der Waals surface area contributed by atoms with Crippen LogP contribution in [0.2, 0.25) is 5.02 Å². The standard InChI is InChI=1S/C31H31ClO4/c1-5-6-7-8-9-23-16-25-28(35-18-26(30(25)33)22-10-12-24(32)13-11-22)17-27(23)36-31(34)29-20(3)14-19(2)15-21(29)4/h10-18H,5-9H2,1-4H3. The molecule has 0 aliphatic heterocycles. The van der Waals surface area contributed by atoms with Gasteiger partial charge in [0.2, 0.25) is 5.43 Å². The second-order valence-electron chi connectivity index (χ2n) is 9.42. The van der Waals surface area contributed by atoms with E-state index in [2.05, 4.69) is 6.92 Å². The summed E-state index contributed by atoms with van der Waals surface area (Å²) in [5.41, 5.74) is 5.71. The maximum Gasteiger partial charge on any atom is 0.344 e. The summed E-state index contributed by atoms with van der Waals surface area (Å²) in [6, 6.07) is 14.6. The molecule has 0 N–H and O–H groups in total. The fraction of sp³-hybridized carbons (Fsp3) is 0.290. The number of aryl methyl sites for hydroxylation is 4. The van der Waals surface area contributed by atoms with Gasteiger partial charge >= 0.3 is 5.97 Å². The van der Waals surface area contributed by atoms with Crippen LogP contribution in [0.3, 0.4) is 0 Å². The number of fused-ring (bicyclic) bond motifs is 1. The molecule has 0 saturated heterocycles. The zero-order chi connectivity index (χ0) is 25.8. The molecule has 0 amide bonds. The summed E-state index contributed by atoms with van der Waals surface area (Å²) in [4.78, 5) is 26.7. The van der Waals surface area contributed by atoms with Gasteiger partial charge in [-0.3, -0.25) is 4.79 Å². The zero-order valence-electron chi connectivity index (χ0n) is 21.2. The van der Waals surface area contributed by atoms with Crippen molar-refractivity contribution in [3.8, 4) is 16.9 Å². The Kier molecular flexibility index (Phi) is 7.95. The first kappa shape index (κ1) is 25.7. The molecule has 0 atom stereocenters. The predicted octanol–water partition coefficient (Wildman–Crippen LogP) is 8.38. The van der Waals surface area contributed by atoms with E-state index in [1.807, 2.05) is 39.0 Å². The molecule has 0 saturated carbocycles. The molecule has 0 unspecified atom stereocenters. The van der Waals surface area contributed by atoms with E-state index in [1.165, 1.54) is 6.26 Å². The van der Waals surface area contributed by atoms with Gasteiger partial charge in [-0.25, -0.2) is 4.79 Å². The molecule has 0 radical (unpaired) electrons. The van der Waals surface area contributed by atoms with E-state index < -0.39 is 5.97 Å². The molecule has 0 aliphatic rings. The number of carbonyl (C=O) groups excluding carboxylic acids is 1. The molecular weight excluding hydrogens is 472 g/mol. The number of carbonyl (C=O) groups is 1. The van der Waals surface area contributed by atoms with Crippen molar-refractivity contribution in [2.75, 3.05) is 0 Å². The van der Waals surface area contributed by atoms with Crippen molar-refractivity contribution in [2.24, 2.45) is 0 Å². The summed E-state index contributed by atoms with van der Waals surface area (Å²) in [5.74, 6) is 0.0325. The molecular formula is C31H31ClO4. The molecule has 3 aromatic carbocycles. The summed E-state index contributed by atoms with van der Waals surface area (Å²) in [7, 11) is 0. The lowest BCUT2D eigenvalue weighted by Crippen LogP contribution is -2.14. The minimum Gasteiger partial charge on any atom is -0.463 e. The average molecular weight is 503 g/mol. The van der Waals surface area contributed by atoms with Crippen LogP contribution in [-0.4, -0.2) is 5.97 Å². The first-order chi connectivity index (χ1) is 17.3. The molecule has 4 nitrogen and oxygen atoms in total. The molecule has 0 bridgehead atoms. The number of esters is 1. The third kappa shape index (κ3) is 5.55. The Morgan fingerprint density at radius 1 is 0.944 bits per heavy atom. The van der Waals surface area contributed by atoms with Gasteiger partial charge < -0.3 is 9.15 Å². The van der Waals surface area contributed by atoms with Crippen molar-refractivity contribution in [3.05, 3.63) is 97.9 Å². The number of unbranched alkanes of at least 4 members (excludes halogenated alkanes) is 3. The third-order valence-corrected chi connectivity index (χ3v) is 6.75. The quantitative estimate of drug-likeness (QED) is 0.138. The minimum absolute atomic E-state index is 0.128. The number of ether oxygens (including phenoxy) is 1. The van der Waals surface area contributed by atoms with E-state index >= 15 is 0 Å². The maximum absolute atomic E-state index is 13.4. The van der Waals surface area contributed by atoms with Crippen molar-refractivity contribution >= 4 is 28.5 Å². The van der Waals surface area contributed by atoms with E-state index in [9.17, 15) is 9.59 Å². The first-order valence-corrected chi connectivity index (χ1v) is 12.8. The van der Waals surface area contributed by atoms with Crippen LogP contribution in [0.4, 0.5) is 0 Å². The second kappa shape index (κ2) is 11.1. The third-order valence-electron chi connectivity index (χ3n) is 6.49. The average Bonchev–Trinajstić information content (AvgIpc) is 2.82. The Bertz CT molecular complexity index is 1440. The van der Waals surface area contributed by atoms with Crippen molar-refractivity contribution in [3.63, 3.8) is 0 Å². The van der Waals surface area contributed by atoms with Gasteiger partial charge in [-0.2, -0.15) is 0 Å². The Morgan fingerprint density at radius 2 is 1.64 bits per heavy atom.